The van der Waals surface area contributed by atoms with Crippen molar-refractivity contribution in [3.8, 4) is 0 Å². The zero-order valence-electron chi connectivity index (χ0n) is 12.7. The molecule has 2 aromatic rings. The van der Waals surface area contributed by atoms with E-state index in [0.29, 0.717) is 12.2 Å². The number of nitrogens with two attached hydrogens (primary N) is 1. The summed E-state index contributed by atoms with van der Waals surface area (Å²) >= 11 is 0. The summed E-state index contributed by atoms with van der Waals surface area (Å²) < 4.78 is 5.83. The van der Waals surface area contributed by atoms with Crippen molar-refractivity contribution in [3.63, 3.8) is 0 Å². The monoisotopic (exact) mass is 296 g/mol. The van der Waals surface area contributed by atoms with Gasteiger partial charge < -0.3 is 15.4 Å². The summed E-state index contributed by atoms with van der Waals surface area (Å²) in [4.78, 5) is 13.7. The van der Waals surface area contributed by atoms with Gasteiger partial charge in [-0.3, -0.25) is 4.79 Å². The molecule has 1 atom stereocenters. The summed E-state index contributed by atoms with van der Waals surface area (Å²) in [7, 11) is 0. The Morgan fingerprint density at radius 2 is 2.00 bits per heavy atom. The minimum absolute atomic E-state index is 0.125. The summed E-state index contributed by atoms with van der Waals surface area (Å²) in [6.07, 6.45) is 0.888. The highest BCUT2D eigenvalue weighted by Crippen LogP contribution is 2.31. The van der Waals surface area contributed by atoms with Gasteiger partial charge in [-0.15, -0.1) is 0 Å². The van der Waals surface area contributed by atoms with E-state index in [1.54, 1.807) is 6.07 Å². The third kappa shape index (κ3) is 2.97. The Labute approximate surface area is 130 Å². The normalized spacial score (nSPS) is 18.2. The molecule has 22 heavy (non-hydrogen) atoms. The van der Waals surface area contributed by atoms with Crippen LogP contribution in [-0.4, -0.2) is 25.2 Å². The molecule has 4 heteroatoms. The summed E-state index contributed by atoms with van der Waals surface area (Å²) in [6.45, 7) is 3.50. The largest absolute Gasteiger partial charge is 0.376 e. The highest BCUT2D eigenvalue weighted by atomic mass is 16.5. The predicted octanol–water partition coefficient (Wildman–Crippen LogP) is 2.88. The van der Waals surface area contributed by atoms with Crippen LogP contribution in [0.25, 0.3) is 0 Å². The number of fused-ring (bicyclic) bond motifs is 1. The Morgan fingerprint density at radius 1 is 1.23 bits per heavy atom. The Balaban J connectivity index is 2.07. The highest BCUT2D eigenvalue weighted by Gasteiger charge is 2.20. The first kappa shape index (κ1) is 14.6. The first-order valence-corrected chi connectivity index (χ1v) is 7.52. The quantitative estimate of drug-likeness (QED) is 0.927. The second-order valence-electron chi connectivity index (χ2n) is 5.58. The van der Waals surface area contributed by atoms with Gasteiger partial charge in [0.25, 0.3) is 0 Å². The first-order valence-electron chi connectivity index (χ1n) is 7.52. The van der Waals surface area contributed by atoms with E-state index in [1.807, 2.05) is 30.3 Å². The molecule has 0 fully saturated rings. The predicted molar refractivity (Wildman–Crippen MR) is 87.5 cm³/mol. The number of rotatable bonds is 2. The fourth-order valence-electron chi connectivity index (χ4n) is 2.88. The lowest BCUT2D eigenvalue weighted by Crippen LogP contribution is -2.29. The van der Waals surface area contributed by atoms with Gasteiger partial charge in [0.1, 0.15) is 0 Å². The van der Waals surface area contributed by atoms with E-state index in [2.05, 4.69) is 24.0 Å². The van der Waals surface area contributed by atoms with E-state index in [0.717, 1.165) is 29.9 Å². The number of carbonyl (C=O) groups is 1. The number of amides is 1. The van der Waals surface area contributed by atoms with Crippen molar-refractivity contribution >= 4 is 17.3 Å². The lowest BCUT2D eigenvalue weighted by atomic mass is 10.0. The molecule has 3 rings (SSSR count). The van der Waals surface area contributed by atoms with Crippen molar-refractivity contribution < 1.29 is 9.53 Å². The van der Waals surface area contributed by atoms with E-state index >= 15 is 0 Å². The molecule has 0 aliphatic carbocycles. The molecule has 2 aromatic carbocycles. The molecular formula is C18H20N2O2. The maximum atomic E-state index is 11.5. The Bertz CT molecular complexity index is 670. The van der Waals surface area contributed by atoms with Crippen LogP contribution in [0.2, 0.25) is 0 Å². The van der Waals surface area contributed by atoms with Crippen LogP contribution in [0.15, 0.2) is 48.5 Å². The van der Waals surface area contributed by atoms with Crippen molar-refractivity contribution in [2.45, 2.75) is 19.4 Å². The van der Waals surface area contributed by atoms with E-state index in [9.17, 15) is 4.79 Å². The lowest BCUT2D eigenvalue weighted by molar-refractivity contribution is 0.0702. The number of nitrogens with zero attached hydrogens (tertiary/aromatic N) is 1. The standard InChI is InChI=1S/C18H20N2O2/c1-13-11-15-12-14(18(19)21)7-8-17(15)20(9-10-22-13)16-5-3-2-4-6-16/h2-8,12-13H,9-11H2,1H3,(H2,19,21). The van der Waals surface area contributed by atoms with Crippen LogP contribution < -0.4 is 10.6 Å². The van der Waals surface area contributed by atoms with Gasteiger partial charge >= 0.3 is 0 Å². The maximum absolute atomic E-state index is 11.5. The second kappa shape index (κ2) is 6.20. The van der Waals surface area contributed by atoms with Crippen molar-refractivity contribution in [2.75, 3.05) is 18.1 Å². The smallest absolute Gasteiger partial charge is 0.248 e. The first-order chi connectivity index (χ1) is 10.6. The number of para-hydroxylation sites is 1. The molecule has 1 amide bonds. The van der Waals surface area contributed by atoms with Gasteiger partial charge in [-0.2, -0.15) is 0 Å². The van der Waals surface area contributed by atoms with E-state index in [4.69, 9.17) is 10.5 Å². The van der Waals surface area contributed by atoms with Crippen LogP contribution in [-0.2, 0) is 11.2 Å². The van der Waals surface area contributed by atoms with Crippen LogP contribution in [0.1, 0.15) is 22.8 Å². The number of hydrogen-bond acceptors (Lipinski definition) is 3. The average molecular weight is 296 g/mol. The van der Waals surface area contributed by atoms with E-state index in [1.165, 1.54) is 0 Å². The van der Waals surface area contributed by atoms with Crippen molar-refractivity contribution in [3.05, 3.63) is 59.7 Å². The van der Waals surface area contributed by atoms with Crippen LogP contribution >= 0.6 is 0 Å². The van der Waals surface area contributed by atoms with Crippen LogP contribution in [0.4, 0.5) is 11.4 Å². The summed E-state index contributed by atoms with van der Waals surface area (Å²) in [5.74, 6) is -0.398. The van der Waals surface area contributed by atoms with E-state index < -0.39 is 5.91 Å². The molecule has 0 aromatic heterocycles. The third-order valence-electron chi connectivity index (χ3n) is 3.95. The molecule has 0 saturated heterocycles. The molecule has 1 aliphatic rings. The maximum Gasteiger partial charge on any atom is 0.248 e. The molecule has 1 unspecified atom stereocenters. The Kier molecular flexibility index (Phi) is 4.11. The van der Waals surface area contributed by atoms with Gasteiger partial charge in [-0.25, -0.2) is 0 Å². The highest BCUT2D eigenvalue weighted by molar-refractivity contribution is 5.93. The van der Waals surface area contributed by atoms with E-state index in [-0.39, 0.29) is 6.10 Å². The molecule has 4 nitrogen and oxygen atoms in total. The third-order valence-corrected chi connectivity index (χ3v) is 3.95. The van der Waals surface area contributed by atoms with Crippen molar-refractivity contribution in [2.24, 2.45) is 5.73 Å². The summed E-state index contributed by atoms with van der Waals surface area (Å²) in [6, 6.07) is 15.9. The van der Waals surface area contributed by atoms with Gasteiger partial charge in [0.2, 0.25) is 5.91 Å². The fourth-order valence-corrected chi connectivity index (χ4v) is 2.88. The molecule has 1 aliphatic heterocycles. The zero-order valence-corrected chi connectivity index (χ0v) is 12.7. The number of benzene rings is 2. The number of primary amides is 1. The molecule has 2 N–H and O–H groups in total. The fraction of sp³-hybridized carbons (Fsp3) is 0.278. The van der Waals surface area contributed by atoms with Gasteiger partial charge in [0.15, 0.2) is 0 Å². The number of hydrogen-bond donors (Lipinski definition) is 1. The molecule has 114 valence electrons. The number of carbonyl (C=O) groups excluding carboxylic acids is 1. The molecule has 0 bridgehead atoms. The molecular weight excluding hydrogens is 276 g/mol. The molecule has 0 saturated carbocycles. The molecule has 1 heterocycles. The SMILES string of the molecule is CC1Cc2cc(C(N)=O)ccc2N(c2ccccc2)CCO1. The minimum Gasteiger partial charge on any atom is -0.376 e. The van der Waals surface area contributed by atoms with Gasteiger partial charge in [-0.1, -0.05) is 18.2 Å². The Morgan fingerprint density at radius 3 is 2.73 bits per heavy atom. The summed E-state index contributed by atoms with van der Waals surface area (Å²) in [5, 5.41) is 0. The number of anilines is 2. The van der Waals surface area contributed by atoms with Gasteiger partial charge in [0.05, 0.1) is 12.7 Å². The van der Waals surface area contributed by atoms with Crippen LogP contribution in [0.3, 0.4) is 0 Å². The average Bonchev–Trinajstić information content (AvgIpc) is 2.51. The van der Waals surface area contributed by atoms with Crippen LogP contribution in [0.5, 0.6) is 0 Å². The Hall–Kier alpha value is -2.33. The van der Waals surface area contributed by atoms with Crippen molar-refractivity contribution in [1.29, 1.82) is 0 Å². The second-order valence-corrected chi connectivity index (χ2v) is 5.58. The van der Waals surface area contributed by atoms with Gasteiger partial charge in [0, 0.05) is 29.9 Å². The molecule has 0 spiro atoms. The van der Waals surface area contributed by atoms with Crippen LogP contribution in [0, 0.1) is 0 Å². The number of ether oxygens (including phenoxy) is 1. The summed E-state index contributed by atoms with van der Waals surface area (Å²) in [5.41, 5.74) is 9.28. The molecule has 0 radical (unpaired) electrons. The zero-order chi connectivity index (χ0) is 15.5. The van der Waals surface area contributed by atoms with Crippen molar-refractivity contribution in [1.82, 2.24) is 0 Å². The van der Waals surface area contributed by atoms with Gasteiger partial charge in [-0.05, 0) is 42.8 Å². The minimum atomic E-state index is -0.398. The lowest BCUT2D eigenvalue weighted by Gasteiger charge is -2.31. The topological polar surface area (TPSA) is 55.6 Å².